The number of allylic oxidation sites excluding steroid dienone is 1. The lowest BCUT2D eigenvalue weighted by Crippen LogP contribution is -1.98. The van der Waals surface area contributed by atoms with Gasteiger partial charge in [0.05, 0.1) is 33.5 Å². The Kier molecular flexibility index (Phi) is 6.31. The van der Waals surface area contributed by atoms with Crippen LogP contribution < -0.4 is 18.9 Å². The van der Waals surface area contributed by atoms with Gasteiger partial charge in [0.2, 0.25) is 0 Å². The zero-order valence-electron chi connectivity index (χ0n) is 14.5. The van der Waals surface area contributed by atoms with Crippen LogP contribution in [0.1, 0.15) is 15.9 Å². The molecule has 132 valence electrons. The molecule has 0 aliphatic heterocycles. The lowest BCUT2D eigenvalue weighted by molar-refractivity contribution is 0.104. The van der Waals surface area contributed by atoms with Crippen LogP contribution in [0.5, 0.6) is 23.0 Å². The van der Waals surface area contributed by atoms with E-state index >= 15 is 0 Å². The minimum atomic E-state index is -0.183. The van der Waals surface area contributed by atoms with Gasteiger partial charge in [0.25, 0.3) is 0 Å². The number of carbonyl (C=O) groups is 1. The zero-order valence-corrected chi connectivity index (χ0v) is 15.2. The van der Waals surface area contributed by atoms with Crippen molar-refractivity contribution in [3.63, 3.8) is 0 Å². The monoisotopic (exact) mass is 362 g/mol. The van der Waals surface area contributed by atoms with Gasteiger partial charge < -0.3 is 18.9 Å². The fourth-order valence-corrected chi connectivity index (χ4v) is 2.56. The van der Waals surface area contributed by atoms with Gasteiger partial charge >= 0.3 is 0 Å². The fraction of sp³-hybridized carbons (Fsp3) is 0.211. The summed E-state index contributed by atoms with van der Waals surface area (Å²) >= 11 is 6.08. The van der Waals surface area contributed by atoms with Gasteiger partial charge in [-0.3, -0.25) is 4.79 Å². The number of methoxy groups -OCH3 is 4. The predicted molar refractivity (Wildman–Crippen MR) is 97.5 cm³/mol. The molecule has 0 fully saturated rings. The second-order valence-electron chi connectivity index (χ2n) is 4.97. The van der Waals surface area contributed by atoms with E-state index in [2.05, 4.69) is 0 Å². The average molecular weight is 363 g/mol. The highest BCUT2D eigenvalue weighted by molar-refractivity contribution is 6.32. The number of carbonyl (C=O) groups excluding carboxylic acids is 1. The maximum absolute atomic E-state index is 12.4. The Labute approximate surface area is 151 Å². The highest BCUT2D eigenvalue weighted by Crippen LogP contribution is 2.38. The summed E-state index contributed by atoms with van der Waals surface area (Å²) in [4.78, 5) is 12.4. The number of halogens is 1. The van der Waals surface area contributed by atoms with Crippen molar-refractivity contribution in [3.8, 4) is 23.0 Å². The maximum atomic E-state index is 12.4. The number of ether oxygens (including phenoxy) is 4. The topological polar surface area (TPSA) is 54.0 Å². The van der Waals surface area contributed by atoms with Crippen molar-refractivity contribution in [3.05, 3.63) is 52.6 Å². The number of hydrogen-bond donors (Lipinski definition) is 0. The Balaban J connectivity index is 2.32. The first-order valence-corrected chi connectivity index (χ1v) is 7.78. The van der Waals surface area contributed by atoms with Crippen LogP contribution in [0.15, 0.2) is 36.4 Å². The molecule has 0 unspecified atom stereocenters. The molecule has 2 rings (SSSR count). The van der Waals surface area contributed by atoms with E-state index in [1.165, 1.54) is 27.4 Å². The Morgan fingerprint density at radius 2 is 1.56 bits per heavy atom. The van der Waals surface area contributed by atoms with Crippen LogP contribution in [-0.2, 0) is 0 Å². The molecular weight excluding hydrogens is 344 g/mol. The summed E-state index contributed by atoms with van der Waals surface area (Å²) < 4.78 is 21.0. The van der Waals surface area contributed by atoms with Gasteiger partial charge in [0.15, 0.2) is 28.8 Å². The molecule has 0 N–H and O–H groups in total. The first-order valence-electron chi connectivity index (χ1n) is 7.40. The van der Waals surface area contributed by atoms with Crippen LogP contribution in [-0.4, -0.2) is 34.2 Å². The summed E-state index contributed by atoms with van der Waals surface area (Å²) in [5.74, 6) is 1.76. The molecule has 0 bridgehead atoms. The minimum absolute atomic E-state index is 0.183. The van der Waals surface area contributed by atoms with Crippen molar-refractivity contribution in [2.75, 3.05) is 28.4 Å². The van der Waals surface area contributed by atoms with E-state index in [0.717, 1.165) is 0 Å². The quantitative estimate of drug-likeness (QED) is 0.544. The van der Waals surface area contributed by atoms with Crippen molar-refractivity contribution < 1.29 is 23.7 Å². The Hall–Kier alpha value is -2.66. The SMILES string of the molecule is COc1ccc(C(=O)/C=C/c2ccc(Cl)c(OC)c2OC)cc1OC. The molecule has 2 aromatic rings. The van der Waals surface area contributed by atoms with Gasteiger partial charge in [-0.25, -0.2) is 0 Å². The zero-order chi connectivity index (χ0) is 18.4. The van der Waals surface area contributed by atoms with E-state index in [1.54, 1.807) is 43.5 Å². The summed E-state index contributed by atoms with van der Waals surface area (Å²) in [6.07, 6.45) is 3.10. The number of hydrogen-bond acceptors (Lipinski definition) is 5. The van der Waals surface area contributed by atoms with Gasteiger partial charge in [0, 0.05) is 11.1 Å². The highest BCUT2D eigenvalue weighted by Gasteiger charge is 2.13. The summed E-state index contributed by atoms with van der Waals surface area (Å²) in [5, 5.41) is 0.433. The Bertz CT molecular complexity index is 799. The second kappa shape index (κ2) is 8.44. The molecule has 0 aliphatic rings. The van der Waals surface area contributed by atoms with Crippen LogP contribution in [0.2, 0.25) is 5.02 Å². The van der Waals surface area contributed by atoms with Crippen LogP contribution in [0.3, 0.4) is 0 Å². The smallest absolute Gasteiger partial charge is 0.185 e. The first-order chi connectivity index (χ1) is 12.0. The van der Waals surface area contributed by atoms with Crippen molar-refractivity contribution in [1.82, 2.24) is 0 Å². The normalized spacial score (nSPS) is 10.6. The molecule has 0 aromatic heterocycles. The molecular formula is C19H19ClO5. The molecule has 0 radical (unpaired) electrons. The van der Waals surface area contributed by atoms with E-state index in [1.807, 2.05) is 0 Å². The van der Waals surface area contributed by atoms with Gasteiger partial charge in [-0.15, -0.1) is 0 Å². The third-order valence-electron chi connectivity index (χ3n) is 3.59. The summed E-state index contributed by atoms with van der Waals surface area (Å²) in [5.41, 5.74) is 1.16. The minimum Gasteiger partial charge on any atom is -0.493 e. The Morgan fingerprint density at radius 1 is 0.880 bits per heavy atom. The number of benzene rings is 2. The van der Waals surface area contributed by atoms with Crippen LogP contribution in [0.4, 0.5) is 0 Å². The largest absolute Gasteiger partial charge is 0.493 e. The van der Waals surface area contributed by atoms with Gasteiger partial charge in [0.1, 0.15) is 0 Å². The van der Waals surface area contributed by atoms with Gasteiger partial charge in [-0.1, -0.05) is 11.6 Å². The molecule has 0 heterocycles. The summed E-state index contributed by atoms with van der Waals surface area (Å²) in [7, 11) is 6.08. The molecule has 0 aliphatic carbocycles. The lowest BCUT2D eigenvalue weighted by atomic mass is 10.1. The molecule has 0 saturated heterocycles. The van der Waals surface area contributed by atoms with E-state index < -0.39 is 0 Å². The first kappa shape index (κ1) is 18.7. The van der Waals surface area contributed by atoms with Crippen LogP contribution in [0.25, 0.3) is 6.08 Å². The number of ketones is 1. The highest BCUT2D eigenvalue weighted by atomic mass is 35.5. The van der Waals surface area contributed by atoms with Crippen LogP contribution >= 0.6 is 11.6 Å². The summed E-state index contributed by atoms with van der Waals surface area (Å²) in [6.45, 7) is 0. The van der Waals surface area contributed by atoms with E-state index in [9.17, 15) is 4.79 Å². The average Bonchev–Trinajstić information content (AvgIpc) is 2.65. The predicted octanol–water partition coefficient (Wildman–Crippen LogP) is 4.27. The molecule has 25 heavy (non-hydrogen) atoms. The van der Waals surface area contributed by atoms with Crippen LogP contribution in [0, 0.1) is 0 Å². The van der Waals surface area contributed by atoms with Gasteiger partial charge in [-0.05, 0) is 42.5 Å². The molecule has 0 spiro atoms. The maximum Gasteiger partial charge on any atom is 0.185 e. The second-order valence-corrected chi connectivity index (χ2v) is 5.38. The standard InChI is InChI=1S/C19H19ClO5/c1-22-16-10-7-13(11-17(16)23-2)15(21)9-6-12-5-8-14(20)19(25-4)18(12)24-3/h5-11H,1-4H3/b9-6+. The molecule has 6 heteroatoms. The van der Waals surface area contributed by atoms with E-state index in [-0.39, 0.29) is 5.78 Å². The van der Waals surface area contributed by atoms with Crippen molar-refractivity contribution >= 4 is 23.5 Å². The molecule has 5 nitrogen and oxygen atoms in total. The molecule has 0 atom stereocenters. The third kappa shape index (κ3) is 4.06. The van der Waals surface area contributed by atoms with Crippen molar-refractivity contribution in [2.45, 2.75) is 0 Å². The number of rotatable bonds is 7. The molecule has 0 amide bonds. The van der Waals surface area contributed by atoms with Crippen molar-refractivity contribution in [2.24, 2.45) is 0 Å². The molecule has 0 saturated carbocycles. The summed E-state index contributed by atoms with van der Waals surface area (Å²) in [6, 6.07) is 8.43. The molecule has 2 aromatic carbocycles. The van der Waals surface area contributed by atoms with Gasteiger partial charge in [-0.2, -0.15) is 0 Å². The van der Waals surface area contributed by atoms with E-state index in [0.29, 0.717) is 39.1 Å². The fourth-order valence-electron chi connectivity index (χ4n) is 2.34. The van der Waals surface area contributed by atoms with E-state index in [4.69, 9.17) is 30.5 Å². The van der Waals surface area contributed by atoms with Crippen molar-refractivity contribution in [1.29, 1.82) is 0 Å². The lowest BCUT2D eigenvalue weighted by Gasteiger charge is -2.11. The Morgan fingerprint density at radius 3 is 2.16 bits per heavy atom. The third-order valence-corrected chi connectivity index (χ3v) is 3.88.